The third-order valence-corrected chi connectivity index (χ3v) is 2.24. The first-order chi connectivity index (χ1) is 8.70. The molecule has 7 heteroatoms. The van der Waals surface area contributed by atoms with Gasteiger partial charge in [-0.1, -0.05) is 0 Å². The van der Waals surface area contributed by atoms with E-state index in [1.807, 2.05) is 20.8 Å². The fraction of sp³-hybridized carbons (Fsp3) is 0.500. The number of aryl methyl sites for hydroxylation is 1. The van der Waals surface area contributed by atoms with Crippen LogP contribution in [0.1, 0.15) is 26.3 Å². The Bertz CT molecular complexity index is 494. The minimum absolute atomic E-state index is 0.0609. The van der Waals surface area contributed by atoms with E-state index in [0.717, 1.165) is 0 Å². The molecule has 0 bridgehead atoms. The Morgan fingerprint density at radius 1 is 1.47 bits per heavy atom. The molecule has 7 nitrogen and oxygen atoms in total. The quantitative estimate of drug-likeness (QED) is 0.637. The maximum Gasteiger partial charge on any atom is 0.314 e. The molecule has 19 heavy (non-hydrogen) atoms. The molecule has 0 fully saturated rings. The number of amides is 1. The van der Waals surface area contributed by atoms with Crippen molar-refractivity contribution in [1.29, 1.82) is 0 Å². The smallest absolute Gasteiger partial charge is 0.314 e. The molecule has 0 aliphatic rings. The largest absolute Gasteiger partial charge is 0.355 e. The lowest BCUT2D eigenvalue weighted by Gasteiger charge is -2.20. The topological polar surface area (TPSA) is 97.2 Å². The van der Waals surface area contributed by atoms with Crippen molar-refractivity contribution in [3.8, 4) is 0 Å². The molecule has 1 heterocycles. The molecule has 2 N–H and O–H groups in total. The summed E-state index contributed by atoms with van der Waals surface area (Å²) in [5.41, 5.74) is 0.0508. The number of nitrogens with one attached hydrogen (secondary N) is 2. The minimum atomic E-state index is -0.508. The van der Waals surface area contributed by atoms with Crippen molar-refractivity contribution in [2.75, 3.05) is 11.9 Å². The van der Waals surface area contributed by atoms with Crippen molar-refractivity contribution in [3.63, 3.8) is 0 Å². The molecule has 0 unspecified atom stereocenters. The number of pyridine rings is 1. The first-order valence-electron chi connectivity index (χ1n) is 5.85. The molecule has 0 atom stereocenters. The molecule has 0 saturated carbocycles. The second kappa shape index (κ2) is 5.64. The number of carbonyl (C=O) groups is 1. The van der Waals surface area contributed by atoms with Crippen molar-refractivity contribution in [1.82, 2.24) is 10.3 Å². The van der Waals surface area contributed by atoms with Gasteiger partial charge in [0.1, 0.15) is 0 Å². The predicted molar refractivity (Wildman–Crippen MR) is 72.0 cm³/mol. The number of rotatable bonds is 4. The molecule has 0 radical (unpaired) electrons. The van der Waals surface area contributed by atoms with Crippen LogP contribution < -0.4 is 10.6 Å². The van der Waals surface area contributed by atoms with Gasteiger partial charge in [0.05, 0.1) is 11.5 Å². The summed E-state index contributed by atoms with van der Waals surface area (Å²) in [5.74, 6) is -0.140. The van der Waals surface area contributed by atoms with Crippen LogP contribution in [0, 0.1) is 17.0 Å². The zero-order chi connectivity index (χ0) is 14.6. The van der Waals surface area contributed by atoms with Gasteiger partial charge in [-0.25, -0.2) is 4.98 Å². The Kier molecular flexibility index (Phi) is 4.42. The average Bonchev–Trinajstić information content (AvgIpc) is 2.23. The number of hydrogen-bond donors (Lipinski definition) is 2. The molecule has 1 rings (SSSR count). The number of nitrogens with zero attached hydrogens (tertiary/aromatic N) is 2. The van der Waals surface area contributed by atoms with Gasteiger partial charge in [-0.2, -0.15) is 0 Å². The average molecular weight is 266 g/mol. The SMILES string of the molecule is Cc1ccnc(NCC(=O)NC(C)(C)C)c1[N+](=O)[O-]. The van der Waals surface area contributed by atoms with E-state index in [1.165, 1.54) is 6.20 Å². The number of nitro groups is 1. The van der Waals surface area contributed by atoms with Crippen molar-refractivity contribution < 1.29 is 9.72 Å². The normalized spacial score (nSPS) is 10.9. The fourth-order valence-electron chi connectivity index (χ4n) is 1.54. The molecule has 0 saturated heterocycles. The van der Waals surface area contributed by atoms with Gasteiger partial charge in [0.2, 0.25) is 11.7 Å². The Hall–Kier alpha value is -2.18. The summed E-state index contributed by atoms with van der Waals surface area (Å²) in [6.45, 7) is 7.14. The van der Waals surface area contributed by atoms with E-state index >= 15 is 0 Å². The highest BCUT2D eigenvalue weighted by atomic mass is 16.6. The summed E-state index contributed by atoms with van der Waals surface area (Å²) >= 11 is 0. The van der Waals surface area contributed by atoms with Crippen molar-refractivity contribution >= 4 is 17.4 Å². The summed E-state index contributed by atoms with van der Waals surface area (Å²) in [5, 5.41) is 16.4. The Balaban J connectivity index is 2.76. The van der Waals surface area contributed by atoms with E-state index < -0.39 is 4.92 Å². The van der Waals surface area contributed by atoms with Gasteiger partial charge in [0, 0.05) is 17.3 Å². The highest BCUT2D eigenvalue weighted by Crippen LogP contribution is 2.24. The lowest BCUT2D eigenvalue weighted by atomic mass is 10.1. The molecule has 0 aliphatic heterocycles. The van der Waals surface area contributed by atoms with Crippen LogP contribution in [-0.4, -0.2) is 27.9 Å². The summed E-state index contributed by atoms with van der Waals surface area (Å²) in [7, 11) is 0. The number of anilines is 1. The van der Waals surface area contributed by atoms with Crippen LogP contribution >= 0.6 is 0 Å². The predicted octanol–water partition coefficient (Wildman–Crippen LogP) is 1.62. The number of carbonyl (C=O) groups excluding carboxylic acids is 1. The number of hydrogen-bond acceptors (Lipinski definition) is 5. The summed E-state index contributed by atoms with van der Waals surface area (Å²) in [6.07, 6.45) is 1.46. The number of aromatic nitrogens is 1. The monoisotopic (exact) mass is 266 g/mol. The van der Waals surface area contributed by atoms with Crippen LogP contribution in [0.5, 0.6) is 0 Å². The Morgan fingerprint density at radius 3 is 2.63 bits per heavy atom. The van der Waals surface area contributed by atoms with E-state index in [0.29, 0.717) is 5.56 Å². The van der Waals surface area contributed by atoms with Gasteiger partial charge in [-0.3, -0.25) is 14.9 Å². The van der Waals surface area contributed by atoms with Crippen LogP contribution in [0.4, 0.5) is 11.5 Å². The first kappa shape index (κ1) is 14.9. The maximum atomic E-state index is 11.6. The van der Waals surface area contributed by atoms with Gasteiger partial charge in [-0.15, -0.1) is 0 Å². The molecule has 0 aliphatic carbocycles. The van der Waals surface area contributed by atoms with Gasteiger partial charge in [-0.05, 0) is 33.8 Å². The molecule has 0 spiro atoms. The van der Waals surface area contributed by atoms with Crippen molar-refractivity contribution in [2.45, 2.75) is 33.2 Å². The molecule has 1 amide bonds. The van der Waals surface area contributed by atoms with Crippen molar-refractivity contribution in [3.05, 3.63) is 27.9 Å². The third kappa shape index (κ3) is 4.53. The van der Waals surface area contributed by atoms with Crippen LogP contribution in [0.15, 0.2) is 12.3 Å². The lowest BCUT2D eigenvalue weighted by molar-refractivity contribution is -0.384. The summed E-state index contributed by atoms with van der Waals surface area (Å²) < 4.78 is 0. The zero-order valence-corrected chi connectivity index (χ0v) is 11.5. The molecular formula is C12H18N4O3. The highest BCUT2D eigenvalue weighted by molar-refractivity contribution is 5.81. The van der Waals surface area contributed by atoms with Gasteiger partial charge < -0.3 is 10.6 Å². The van der Waals surface area contributed by atoms with Gasteiger partial charge >= 0.3 is 5.69 Å². The van der Waals surface area contributed by atoms with Crippen LogP contribution in [0.3, 0.4) is 0 Å². The Labute approximate surface area is 111 Å². The molecular weight excluding hydrogens is 248 g/mol. The van der Waals surface area contributed by atoms with Crippen molar-refractivity contribution in [2.24, 2.45) is 0 Å². The molecule has 104 valence electrons. The molecule has 0 aromatic carbocycles. The van der Waals surface area contributed by atoms with E-state index in [1.54, 1.807) is 13.0 Å². The standard InChI is InChI=1S/C12H18N4O3/c1-8-5-6-13-11(10(8)16(18)19)14-7-9(17)15-12(2,3)4/h5-6H,7H2,1-4H3,(H,13,14)(H,15,17). The van der Waals surface area contributed by atoms with E-state index in [2.05, 4.69) is 15.6 Å². The molecule has 1 aromatic heterocycles. The van der Waals surface area contributed by atoms with E-state index in [-0.39, 0.29) is 29.5 Å². The maximum absolute atomic E-state index is 11.6. The van der Waals surface area contributed by atoms with E-state index in [4.69, 9.17) is 0 Å². The third-order valence-electron chi connectivity index (χ3n) is 2.24. The lowest BCUT2D eigenvalue weighted by Crippen LogP contribution is -2.43. The summed E-state index contributed by atoms with van der Waals surface area (Å²) in [6, 6.07) is 1.55. The van der Waals surface area contributed by atoms with Crippen LogP contribution in [-0.2, 0) is 4.79 Å². The second-order valence-electron chi connectivity index (χ2n) is 5.23. The minimum Gasteiger partial charge on any atom is -0.355 e. The molecule has 1 aromatic rings. The summed E-state index contributed by atoms with van der Waals surface area (Å²) in [4.78, 5) is 26.0. The Morgan fingerprint density at radius 2 is 2.11 bits per heavy atom. The zero-order valence-electron chi connectivity index (χ0n) is 11.5. The van der Waals surface area contributed by atoms with Crippen LogP contribution in [0.2, 0.25) is 0 Å². The second-order valence-corrected chi connectivity index (χ2v) is 5.23. The van der Waals surface area contributed by atoms with E-state index in [9.17, 15) is 14.9 Å². The fourth-order valence-corrected chi connectivity index (χ4v) is 1.54. The van der Waals surface area contributed by atoms with Crippen LogP contribution in [0.25, 0.3) is 0 Å². The highest BCUT2D eigenvalue weighted by Gasteiger charge is 2.19. The van der Waals surface area contributed by atoms with Gasteiger partial charge in [0.25, 0.3) is 0 Å². The first-order valence-corrected chi connectivity index (χ1v) is 5.85. The van der Waals surface area contributed by atoms with Gasteiger partial charge in [0.15, 0.2) is 0 Å².